The molecule has 0 unspecified atom stereocenters. The van der Waals surface area contributed by atoms with Gasteiger partial charge < -0.3 is 29.2 Å². The number of anilines is 2. The summed E-state index contributed by atoms with van der Waals surface area (Å²) in [6, 6.07) is 8.24. The Bertz CT molecular complexity index is 1340. The molecule has 1 aromatic heterocycles. The molecule has 5 rings (SSSR count). The molecule has 0 spiro atoms. The zero-order chi connectivity index (χ0) is 25.4. The van der Waals surface area contributed by atoms with Crippen molar-refractivity contribution in [1.29, 1.82) is 0 Å². The third-order valence-corrected chi connectivity index (χ3v) is 7.06. The molecule has 2 fully saturated rings. The van der Waals surface area contributed by atoms with Crippen molar-refractivity contribution in [3.63, 3.8) is 0 Å². The van der Waals surface area contributed by atoms with Crippen molar-refractivity contribution in [1.82, 2.24) is 9.47 Å². The van der Waals surface area contributed by atoms with Crippen molar-refractivity contribution in [2.75, 3.05) is 57.2 Å². The van der Waals surface area contributed by atoms with Crippen molar-refractivity contribution in [3.8, 4) is 11.5 Å². The molecule has 8 nitrogen and oxygen atoms in total. The molecule has 1 aliphatic carbocycles. The highest BCUT2D eigenvalue weighted by atomic mass is 19.1. The van der Waals surface area contributed by atoms with E-state index in [2.05, 4.69) is 17.1 Å². The Hall–Kier alpha value is -3.59. The van der Waals surface area contributed by atoms with Gasteiger partial charge in [0.2, 0.25) is 5.43 Å². The van der Waals surface area contributed by atoms with E-state index in [0.717, 1.165) is 45.6 Å². The molecule has 36 heavy (non-hydrogen) atoms. The molecule has 2 aliphatic rings. The van der Waals surface area contributed by atoms with Crippen molar-refractivity contribution in [2.45, 2.75) is 25.8 Å². The molecular weight excluding hydrogens is 463 g/mol. The highest BCUT2D eigenvalue weighted by Gasteiger charge is 2.28. The van der Waals surface area contributed by atoms with Gasteiger partial charge in [-0.3, -0.25) is 9.59 Å². The number of rotatable bonds is 7. The molecule has 1 saturated carbocycles. The largest absolute Gasteiger partial charge is 0.497 e. The second kappa shape index (κ2) is 9.81. The lowest BCUT2D eigenvalue weighted by molar-refractivity contribution is 0.102. The van der Waals surface area contributed by atoms with Crippen LogP contribution in [0.2, 0.25) is 0 Å². The van der Waals surface area contributed by atoms with E-state index in [0.29, 0.717) is 28.4 Å². The zero-order valence-corrected chi connectivity index (χ0v) is 20.8. The van der Waals surface area contributed by atoms with Crippen LogP contribution in [0.3, 0.4) is 0 Å². The molecule has 1 aliphatic heterocycles. The minimum Gasteiger partial charge on any atom is -0.497 e. The Kier molecular flexibility index (Phi) is 6.57. The Morgan fingerprint density at radius 2 is 1.69 bits per heavy atom. The van der Waals surface area contributed by atoms with Crippen LogP contribution in [0.1, 0.15) is 36.2 Å². The van der Waals surface area contributed by atoms with Crippen LogP contribution in [0.25, 0.3) is 10.9 Å². The Morgan fingerprint density at radius 1 is 1.03 bits per heavy atom. The van der Waals surface area contributed by atoms with Crippen molar-refractivity contribution in [3.05, 3.63) is 58.1 Å². The average Bonchev–Trinajstić information content (AvgIpc) is 3.74. The first-order valence-electron chi connectivity index (χ1n) is 12.3. The Balaban J connectivity index is 1.53. The summed E-state index contributed by atoms with van der Waals surface area (Å²) in [6.45, 7) is 6.31. The second-order valence-corrected chi connectivity index (χ2v) is 9.31. The first-order chi connectivity index (χ1) is 17.4. The summed E-state index contributed by atoms with van der Waals surface area (Å²) >= 11 is 0. The minimum absolute atomic E-state index is 0.0279. The smallest absolute Gasteiger partial charge is 0.261 e. The van der Waals surface area contributed by atoms with Gasteiger partial charge >= 0.3 is 0 Å². The van der Waals surface area contributed by atoms with Gasteiger partial charge in [-0.25, -0.2) is 4.39 Å². The maximum absolute atomic E-state index is 15.3. The molecule has 0 radical (unpaired) electrons. The molecule has 0 bridgehead atoms. The van der Waals surface area contributed by atoms with E-state index in [4.69, 9.17) is 9.47 Å². The molecular formula is C27H31FN4O4. The third-order valence-electron chi connectivity index (χ3n) is 7.06. The molecule has 1 saturated heterocycles. The van der Waals surface area contributed by atoms with E-state index in [9.17, 15) is 9.59 Å². The summed E-state index contributed by atoms with van der Waals surface area (Å²) in [6.07, 6.45) is 3.52. The standard InChI is InChI=1S/C27H31FN4O4/c1-4-30-7-9-31(10-8-30)25-15-24-21(14-23(25)28)26(33)22(16-32(24)18-5-6-18)27(34)29-17-11-19(35-2)13-20(12-17)36-3/h11-16,18H,4-10H2,1-3H3,(H,29,34). The lowest BCUT2D eigenvalue weighted by atomic mass is 10.1. The Morgan fingerprint density at radius 3 is 2.28 bits per heavy atom. The monoisotopic (exact) mass is 494 g/mol. The molecule has 2 heterocycles. The number of ether oxygens (including phenoxy) is 2. The number of benzene rings is 2. The number of amides is 1. The minimum atomic E-state index is -0.563. The van der Waals surface area contributed by atoms with Gasteiger partial charge in [0.25, 0.3) is 5.91 Å². The van der Waals surface area contributed by atoms with Gasteiger partial charge in [0, 0.05) is 67.7 Å². The number of carbonyl (C=O) groups excluding carboxylic acids is 1. The van der Waals surface area contributed by atoms with Crippen LogP contribution in [0, 0.1) is 5.82 Å². The van der Waals surface area contributed by atoms with E-state index in [-0.39, 0.29) is 17.0 Å². The lowest BCUT2D eigenvalue weighted by Gasteiger charge is -2.35. The van der Waals surface area contributed by atoms with Gasteiger partial charge in [-0.15, -0.1) is 0 Å². The van der Waals surface area contributed by atoms with Gasteiger partial charge in [0.05, 0.1) is 25.4 Å². The SMILES string of the molecule is CCN1CCN(c2cc3c(cc2F)c(=O)c(C(=O)Nc2cc(OC)cc(OC)c2)cn3C2CC2)CC1. The predicted octanol–water partition coefficient (Wildman–Crippen LogP) is 3.89. The zero-order valence-electron chi connectivity index (χ0n) is 20.8. The van der Waals surface area contributed by atoms with Crippen molar-refractivity contribution in [2.24, 2.45) is 0 Å². The molecule has 9 heteroatoms. The number of methoxy groups -OCH3 is 2. The summed E-state index contributed by atoms with van der Waals surface area (Å²) in [5.41, 5.74) is 1.08. The van der Waals surface area contributed by atoms with Crippen molar-refractivity contribution >= 4 is 28.2 Å². The highest BCUT2D eigenvalue weighted by molar-refractivity contribution is 6.06. The summed E-state index contributed by atoms with van der Waals surface area (Å²) in [7, 11) is 3.04. The van der Waals surface area contributed by atoms with Gasteiger partial charge in [-0.2, -0.15) is 0 Å². The number of hydrogen-bond donors (Lipinski definition) is 1. The number of aromatic nitrogens is 1. The van der Waals surface area contributed by atoms with E-state index in [1.54, 1.807) is 30.5 Å². The predicted molar refractivity (Wildman–Crippen MR) is 138 cm³/mol. The first kappa shape index (κ1) is 24.1. The maximum Gasteiger partial charge on any atom is 0.261 e. The van der Waals surface area contributed by atoms with Crippen LogP contribution in [0.4, 0.5) is 15.8 Å². The maximum atomic E-state index is 15.3. The first-order valence-corrected chi connectivity index (χ1v) is 12.3. The van der Waals surface area contributed by atoms with Crippen LogP contribution >= 0.6 is 0 Å². The fourth-order valence-corrected chi connectivity index (χ4v) is 4.80. The summed E-state index contributed by atoms with van der Waals surface area (Å²) < 4.78 is 27.8. The summed E-state index contributed by atoms with van der Waals surface area (Å²) in [5.74, 6) is 0.00890. The molecule has 190 valence electrons. The summed E-state index contributed by atoms with van der Waals surface area (Å²) in [4.78, 5) is 31.0. The number of piperazine rings is 1. The number of pyridine rings is 1. The normalized spacial score (nSPS) is 16.3. The van der Waals surface area contributed by atoms with Crippen LogP contribution in [-0.2, 0) is 0 Å². The number of carbonyl (C=O) groups is 1. The van der Waals surface area contributed by atoms with Crippen LogP contribution in [0.5, 0.6) is 11.5 Å². The van der Waals surface area contributed by atoms with E-state index >= 15 is 4.39 Å². The van der Waals surface area contributed by atoms with E-state index in [1.165, 1.54) is 20.3 Å². The second-order valence-electron chi connectivity index (χ2n) is 9.31. The lowest BCUT2D eigenvalue weighted by Crippen LogP contribution is -2.46. The number of nitrogens with one attached hydrogen (secondary N) is 1. The van der Waals surface area contributed by atoms with Gasteiger partial charge in [0.1, 0.15) is 22.9 Å². The number of fused-ring (bicyclic) bond motifs is 1. The Labute approximate surface area is 209 Å². The van der Waals surface area contributed by atoms with Crippen LogP contribution < -0.4 is 25.1 Å². The molecule has 1 amide bonds. The van der Waals surface area contributed by atoms with Gasteiger partial charge in [0.15, 0.2) is 0 Å². The molecule has 2 aromatic carbocycles. The third kappa shape index (κ3) is 4.63. The van der Waals surface area contributed by atoms with E-state index in [1.807, 2.05) is 9.47 Å². The summed E-state index contributed by atoms with van der Waals surface area (Å²) in [5, 5.41) is 2.98. The number of halogens is 1. The number of likely N-dealkylation sites (N-methyl/N-ethyl adjacent to an activating group) is 1. The quantitative estimate of drug-likeness (QED) is 0.537. The molecule has 0 atom stereocenters. The number of hydrogen-bond acceptors (Lipinski definition) is 6. The molecule has 1 N–H and O–H groups in total. The van der Waals surface area contributed by atoms with Crippen LogP contribution in [-0.4, -0.2) is 62.3 Å². The van der Waals surface area contributed by atoms with E-state index < -0.39 is 17.2 Å². The molecule has 3 aromatic rings. The van der Waals surface area contributed by atoms with Crippen molar-refractivity contribution < 1.29 is 18.7 Å². The van der Waals surface area contributed by atoms with Crippen LogP contribution in [0.15, 0.2) is 41.3 Å². The fourth-order valence-electron chi connectivity index (χ4n) is 4.80. The van der Waals surface area contributed by atoms with Gasteiger partial charge in [-0.05, 0) is 31.5 Å². The number of nitrogens with zero attached hydrogens (tertiary/aromatic N) is 3. The highest BCUT2D eigenvalue weighted by Crippen LogP contribution is 2.38. The fraction of sp³-hybridized carbons (Fsp3) is 0.407. The average molecular weight is 495 g/mol. The van der Waals surface area contributed by atoms with Gasteiger partial charge in [-0.1, -0.05) is 6.92 Å². The topological polar surface area (TPSA) is 76.0 Å².